The van der Waals surface area contributed by atoms with Crippen LogP contribution in [0.1, 0.15) is 51.5 Å². The first-order valence-electron chi connectivity index (χ1n) is 12.5. The van der Waals surface area contributed by atoms with Crippen LogP contribution in [0.25, 0.3) is 0 Å². The number of carbonyl (C=O) groups excluding carboxylic acids is 2. The van der Waals surface area contributed by atoms with Crippen molar-refractivity contribution in [3.8, 4) is 5.75 Å². The highest BCUT2D eigenvalue weighted by atomic mass is 35.5. The van der Waals surface area contributed by atoms with Gasteiger partial charge < -0.3 is 15.0 Å². The molecule has 10 heteroatoms. The first-order valence-corrected chi connectivity index (χ1v) is 14.8. The number of carbonyl (C=O) groups is 2. The lowest BCUT2D eigenvalue weighted by atomic mass is 10.1. The van der Waals surface area contributed by atoms with Gasteiger partial charge in [0.05, 0.1) is 24.1 Å². The summed E-state index contributed by atoms with van der Waals surface area (Å²) in [5.74, 6) is 0.0573. The topological polar surface area (TPSA) is 96.0 Å². The SMILES string of the molecule is CCCCNC(=O)[C@H](CC)N(Cc1ccccc1)C(=O)CCCN(c1ccc(OC)c(Cl)c1)S(C)(=O)=O. The van der Waals surface area contributed by atoms with Crippen molar-refractivity contribution in [2.45, 2.75) is 58.5 Å². The Labute approximate surface area is 226 Å². The first kappa shape index (κ1) is 30.4. The molecule has 0 aromatic heterocycles. The van der Waals surface area contributed by atoms with Crippen LogP contribution < -0.4 is 14.4 Å². The van der Waals surface area contributed by atoms with E-state index in [-0.39, 0.29) is 31.2 Å². The molecule has 2 aromatic rings. The number of unbranched alkanes of at least 4 members (excludes halogenated alkanes) is 1. The van der Waals surface area contributed by atoms with Crippen LogP contribution in [0.5, 0.6) is 5.75 Å². The molecule has 1 atom stereocenters. The van der Waals surface area contributed by atoms with Crippen LogP contribution in [0.3, 0.4) is 0 Å². The highest BCUT2D eigenvalue weighted by Crippen LogP contribution is 2.30. The van der Waals surface area contributed by atoms with E-state index in [0.717, 1.165) is 24.7 Å². The zero-order valence-corrected chi connectivity index (χ0v) is 23.6. The van der Waals surface area contributed by atoms with E-state index >= 15 is 0 Å². The molecule has 0 aliphatic heterocycles. The summed E-state index contributed by atoms with van der Waals surface area (Å²) in [6.45, 7) is 4.88. The Morgan fingerprint density at radius 2 is 1.78 bits per heavy atom. The number of nitrogens with zero attached hydrogens (tertiary/aromatic N) is 2. The molecule has 0 fully saturated rings. The molecule has 0 aliphatic carbocycles. The smallest absolute Gasteiger partial charge is 0.242 e. The van der Waals surface area contributed by atoms with Crippen LogP contribution >= 0.6 is 11.6 Å². The van der Waals surface area contributed by atoms with Gasteiger partial charge in [-0.3, -0.25) is 13.9 Å². The quantitative estimate of drug-likeness (QED) is 0.326. The molecule has 2 aromatic carbocycles. The van der Waals surface area contributed by atoms with Crippen molar-refractivity contribution in [1.29, 1.82) is 0 Å². The van der Waals surface area contributed by atoms with E-state index in [4.69, 9.17) is 16.3 Å². The summed E-state index contributed by atoms with van der Waals surface area (Å²) in [5.41, 5.74) is 1.31. The molecule has 0 heterocycles. The highest BCUT2D eigenvalue weighted by Gasteiger charge is 2.28. The Hall–Kier alpha value is -2.78. The molecule has 2 amide bonds. The van der Waals surface area contributed by atoms with Crippen LogP contribution in [0.15, 0.2) is 48.5 Å². The number of hydrogen-bond donors (Lipinski definition) is 1. The molecular formula is C27H38ClN3O5S. The first-order chi connectivity index (χ1) is 17.6. The maximum Gasteiger partial charge on any atom is 0.242 e. The molecule has 204 valence electrons. The van der Waals surface area contributed by atoms with Crippen molar-refractivity contribution in [1.82, 2.24) is 10.2 Å². The largest absolute Gasteiger partial charge is 0.495 e. The van der Waals surface area contributed by atoms with E-state index in [2.05, 4.69) is 5.32 Å². The lowest BCUT2D eigenvalue weighted by molar-refractivity contribution is -0.141. The predicted octanol–water partition coefficient (Wildman–Crippen LogP) is 4.62. The Morgan fingerprint density at radius 1 is 1.08 bits per heavy atom. The average Bonchev–Trinajstić information content (AvgIpc) is 2.86. The Kier molecular flexibility index (Phi) is 12.2. The normalized spacial score (nSPS) is 12.0. The van der Waals surface area contributed by atoms with Crippen molar-refractivity contribution in [3.05, 3.63) is 59.1 Å². The molecule has 8 nitrogen and oxygen atoms in total. The van der Waals surface area contributed by atoms with Crippen molar-refractivity contribution in [2.24, 2.45) is 0 Å². The number of rotatable bonds is 15. The van der Waals surface area contributed by atoms with Gasteiger partial charge >= 0.3 is 0 Å². The molecule has 0 spiro atoms. The third kappa shape index (κ3) is 9.23. The molecule has 0 saturated carbocycles. The zero-order valence-electron chi connectivity index (χ0n) is 22.1. The number of sulfonamides is 1. The van der Waals surface area contributed by atoms with E-state index in [0.29, 0.717) is 36.0 Å². The summed E-state index contributed by atoms with van der Waals surface area (Å²) in [5, 5.41) is 3.23. The van der Waals surface area contributed by atoms with Crippen molar-refractivity contribution in [2.75, 3.05) is 30.8 Å². The van der Waals surface area contributed by atoms with Gasteiger partial charge in [0.1, 0.15) is 11.8 Å². The average molecular weight is 552 g/mol. The summed E-state index contributed by atoms with van der Waals surface area (Å²) < 4.78 is 31.4. The second-order valence-corrected chi connectivity index (χ2v) is 11.1. The number of ether oxygens (including phenoxy) is 1. The molecule has 0 saturated heterocycles. The van der Waals surface area contributed by atoms with Gasteiger partial charge in [-0.05, 0) is 43.0 Å². The fraction of sp³-hybridized carbons (Fsp3) is 0.481. The molecule has 0 aliphatic rings. The van der Waals surface area contributed by atoms with E-state index in [1.54, 1.807) is 17.0 Å². The van der Waals surface area contributed by atoms with Crippen LogP contribution in [0.4, 0.5) is 5.69 Å². The Bertz CT molecular complexity index is 1130. The minimum atomic E-state index is -3.62. The Balaban J connectivity index is 2.19. The van der Waals surface area contributed by atoms with E-state index in [1.165, 1.54) is 17.5 Å². The van der Waals surface area contributed by atoms with Crippen molar-refractivity contribution >= 4 is 39.1 Å². The lowest BCUT2D eigenvalue weighted by Gasteiger charge is -2.31. The van der Waals surface area contributed by atoms with Crippen LogP contribution in [0.2, 0.25) is 5.02 Å². The maximum absolute atomic E-state index is 13.4. The standard InChI is InChI=1S/C27H38ClN3O5S/c1-5-7-17-29-27(33)24(6-2)30(20-21-12-9-8-10-13-21)26(32)14-11-18-31(37(4,34)35)22-15-16-25(36-3)23(28)19-22/h8-10,12-13,15-16,19,24H,5-7,11,14,17-18,20H2,1-4H3,(H,29,33)/t24-/m0/s1. The number of nitrogens with one attached hydrogen (secondary N) is 1. The predicted molar refractivity (Wildman–Crippen MR) is 148 cm³/mol. The van der Waals surface area contributed by atoms with Gasteiger partial charge in [-0.15, -0.1) is 0 Å². The Morgan fingerprint density at radius 3 is 2.35 bits per heavy atom. The van der Waals surface area contributed by atoms with Crippen molar-refractivity contribution < 1.29 is 22.7 Å². The van der Waals surface area contributed by atoms with Gasteiger partial charge in [0.25, 0.3) is 0 Å². The third-order valence-electron chi connectivity index (χ3n) is 5.99. The fourth-order valence-corrected chi connectivity index (χ4v) is 5.23. The number of halogens is 1. The van der Waals surface area contributed by atoms with E-state index in [1.807, 2.05) is 44.2 Å². The number of benzene rings is 2. The van der Waals surface area contributed by atoms with Gasteiger partial charge in [-0.1, -0.05) is 62.2 Å². The molecular weight excluding hydrogens is 514 g/mol. The van der Waals surface area contributed by atoms with Gasteiger partial charge in [-0.25, -0.2) is 8.42 Å². The van der Waals surface area contributed by atoms with E-state index < -0.39 is 16.1 Å². The fourth-order valence-electron chi connectivity index (χ4n) is 4.02. The molecule has 0 radical (unpaired) electrons. The van der Waals surface area contributed by atoms with Gasteiger partial charge in [0.2, 0.25) is 21.8 Å². The lowest BCUT2D eigenvalue weighted by Crippen LogP contribution is -2.49. The monoisotopic (exact) mass is 551 g/mol. The summed E-state index contributed by atoms with van der Waals surface area (Å²) in [4.78, 5) is 28.0. The highest BCUT2D eigenvalue weighted by molar-refractivity contribution is 7.92. The molecule has 0 bridgehead atoms. The van der Waals surface area contributed by atoms with Crippen LogP contribution in [-0.4, -0.2) is 57.6 Å². The van der Waals surface area contributed by atoms with Crippen LogP contribution in [0, 0.1) is 0 Å². The van der Waals surface area contributed by atoms with Gasteiger partial charge in [0.15, 0.2) is 0 Å². The van der Waals surface area contributed by atoms with Crippen LogP contribution in [-0.2, 0) is 26.2 Å². The molecule has 1 N–H and O–H groups in total. The maximum atomic E-state index is 13.4. The molecule has 0 unspecified atom stereocenters. The molecule has 37 heavy (non-hydrogen) atoms. The van der Waals surface area contributed by atoms with Gasteiger partial charge in [0, 0.05) is 26.1 Å². The summed E-state index contributed by atoms with van der Waals surface area (Å²) in [6.07, 6.45) is 3.76. The summed E-state index contributed by atoms with van der Waals surface area (Å²) in [6, 6.07) is 13.6. The zero-order chi connectivity index (χ0) is 27.4. The number of amides is 2. The van der Waals surface area contributed by atoms with Crippen molar-refractivity contribution in [3.63, 3.8) is 0 Å². The minimum absolute atomic E-state index is 0.0848. The second-order valence-electron chi connectivity index (χ2n) is 8.83. The minimum Gasteiger partial charge on any atom is -0.495 e. The third-order valence-corrected chi connectivity index (χ3v) is 7.48. The summed E-state index contributed by atoms with van der Waals surface area (Å²) in [7, 11) is -2.14. The van der Waals surface area contributed by atoms with Gasteiger partial charge in [-0.2, -0.15) is 0 Å². The second kappa shape index (κ2) is 14.8. The number of anilines is 1. The number of hydrogen-bond acceptors (Lipinski definition) is 5. The molecule has 2 rings (SSSR count). The number of methoxy groups -OCH3 is 1. The summed E-state index contributed by atoms with van der Waals surface area (Å²) >= 11 is 6.21. The van der Waals surface area contributed by atoms with E-state index in [9.17, 15) is 18.0 Å².